The summed E-state index contributed by atoms with van der Waals surface area (Å²) in [6, 6.07) is 15.3. The molecule has 36 heavy (non-hydrogen) atoms. The first kappa shape index (κ1) is 30.4. The third-order valence-corrected chi connectivity index (χ3v) is 8.12. The molecule has 0 saturated heterocycles. The highest BCUT2D eigenvalue weighted by Crippen LogP contribution is 2.22. The number of rotatable bonds is 16. The van der Waals surface area contributed by atoms with Crippen molar-refractivity contribution in [3.8, 4) is 5.75 Å². The van der Waals surface area contributed by atoms with E-state index in [1.54, 1.807) is 19.1 Å². The minimum atomic E-state index is -3.66. The summed E-state index contributed by atoms with van der Waals surface area (Å²) in [5.74, 6) is 1.14. The quantitative estimate of drug-likeness (QED) is 0.129. The Kier molecular flexibility index (Phi) is 13.6. The second kappa shape index (κ2) is 16.1. The summed E-state index contributed by atoms with van der Waals surface area (Å²) in [6.07, 6.45) is 11.9. The Hall–Kier alpha value is -1.79. The summed E-state index contributed by atoms with van der Waals surface area (Å²) in [5, 5.41) is 0.894. The highest BCUT2D eigenvalue weighted by atomic mass is 35.5. The van der Waals surface area contributed by atoms with Crippen molar-refractivity contribution in [3.05, 3.63) is 86.5 Å². The molecule has 0 spiro atoms. The lowest BCUT2D eigenvalue weighted by atomic mass is 10.0. The molecule has 0 saturated carbocycles. The fourth-order valence-electron chi connectivity index (χ4n) is 3.73. The first-order chi connectivity index (χ1) is 17.2. The lowest BCUT2D eigenvalue weighted by Gasteiger charge is -2.10. The lowest BCUT2D eigenvalue weighted by molar-refractivity contribution is 0.425. The molecule has 198 valence electrons. The standard InChI is InChI=1S/C29H39Cl2NO3S/c1-4-5-6-7-8-9-10-12-26-13-11-14-28(22-26)35-24(3)29(31)21-23(2)36(33,34)32-20-19-25-15-17-27(30)18-16-25/h11,13-18,21-22,32H,4-10,12,19-20H2,1-3H3/b23-21+,29-24-. The van der Waals surface area contributed by atoms with Crippen LogP contribution in [-0.2, 0) is 22.9 Å². The van der Waals surface area contributed by atoms with Crippen LogP contribution in [0, 0.1) is 0 Å². The molecule has 2 rings (SSSR count). The van der Waals surface area contributed by atoms with Crippen LogP contribution in [0.5, 0.6) is 5.75 Å². The fourth-order valence-corrected chi connectivity index (χ4v) is 4.99. The van der Waals surface area contributed by atoms with E-state index in [-0.39, 0.29) is 16.5 Å². The van der Waals surface area contributed by atoms with E-state index in [9.17, 15) is 8.42 Å². The van der Waals surface area contributed by atoms with Gasteiger partial charge in [0.2, 0.25) is 10.0 Å². The van der Waals surface area contributed by atoms with Gasteiger partial charge in [-0.15, -0.1) is 0 Å². The minimum absolute atomic E-state index is 0.124. The van der Waals surface area contributed by atoms with Gasteiger partial charge in [-0.1, -0.05) is 92.9 Å². The number of ether oxygens (including phenoxy) is 1. The summed E-state index contributed by atoms with van der Waals surface area (Å²) in [7, 11) is -3.66. The highest BCUT2D eigenvalue weighted by molar-refractivity contribution is 7.93. The van der Waals surface area contributed by atoms with Crippen molar-refractivity contribution in [2.45, 2.75) is 78.6 Å². The van der Waals surface area contributed by atoms with Gasteiger partial charge in [-0.05, 0) is 74.6 Å². The SMILES string of the molecule is CCCCCCCCCc1cccc(O/C(C)=C(Cl)/C=C(\C)S(=O)(=O)NCCc2ccc(Cl)cc2)c1. The third-order valence-electron chi connectivity index (χ3n) is 5.95. The van der Waals surface area contributed by atoms with E-state index in [1.165, 1.54) is 57.1 Å². The molecule has 2 aromatic carbocycles. The predicted octanol–water partition coefficient (Wildman–Crippen LogP) is 8.55. The maximum atomic E-state index is 12.6. The van der Waals surface area contributed by atoms with Crippen molar-refractivity contribution in [1.82, 2.24) is 4.72 Å². The Bertz CT molecular complexity index is 1110. The molecule has 0 unspecified atom stereocenters. The van der Waals surface area contributed by atoms with E-state index in [1.807, 2.05) is 30.3 Å². The molecular formula is C29H39Cl2NO3S. The van der Waals surface area contributed by atoms with Gasteiger partial charge in [0, 0.05) is 11.6 Å². The maximum Gasteiger partial charge on any atom is 0.236 e. The molecule has 0 radical (unpaired) electrons. The van der Waals surface area contributed by atoms with Crippen molar-refractivity contribution in [2.24, 2.45) is 0 Å². The van der Waals surface area contributed by atoms with Crippen LogP contribution >= 0.6 is 23.2 Å². The fraction of sp³-hybridized carbons (Fsp3) is 0.448. The zero-order valence-corrected chi connectivity index (χ0v) is 24.0. The second-order valence-corrected chi connectivity index (χ2v) is 11.8. The van der Waals surface area contributed by atoms with Gasteiger partial charge in [0.05, 0.1) is 9.94 Å². The number of hydrogen-bond donors (Lipinski definition) is 1. The summed E-state index contributed by atoms with van der Waals surface area (Å²) in [5.41, 5.74) is 2.23. The molecule has 0 aliphatic rings. The van der Waals surface area contributed by atoms with Gasteiger partial charge in [-0.2, -0.15) is 0 Å². The number of hydrogen-bond acceptors (Lipinski definition) is 3. The molecule has 4 nitrogen and oxygen atoms in total. The van der Waals surface area contributed by atoms with Crippen LogP contribution in [0.1, 0.15) is 76.8 Å². The van der Waals surface area contributed by atoms with Crippen LogP contribution in [-0.4, -0.2) is 15.0 Å². The average Bonchev–Trinajstić information content (AvgIpc) is 2.84. The van der Waals surface area contributed by atoms with Gasteiger partial charge in [0.15, 0.2) is 0 Å². The van der Waals surface area contributed by atoms with Gasteiger partial charge in [-0.25, -0.2) is 13.1 Å². The molecule has 0 aliphatic carbocycles. The van der Waals surface area contributed by atoms with Crippen LogP contribution in [0.15, 0.2) is 70.3 Å². The zero-order valence-electron chi connectivity index (χ0n) is 21.7. The summed E-state index contributed by atoms with van der Waals surface area (Å²) in [4.78, 5) is 0.124. The van der Waals surface area contributed by atoms with Gasteiger partial charge in [-0.3, -0.25) is 0 Å². The first-order valence-electron chi connectivity index (χ1n) is 12.8. The van der Waals surface area contributed by atoms with Crippen molar-refractivity contribution in [1.29, 1.82) is 0 Å². The van der Waals surface area contributed by atoms with E-state index in [4.69, 9.17) is 27.9 Å². The highest BCUT2D eigenvalue weighted by Gasteiger charge is 2.14. The Morgan fingerprint density at radius 2 is 1.58 bits per heavy atom. The topological polar surface area (TPSA) is 55.4 Å². The molecule has 7 heteroatoms. The molecular weight excluding hydrogens is 513 g/mol. The summed E-state index contributed by atoms with van der Waals surface area (Å²) in [6.45, 7) is 5.76. The Morgan fingerprint density at radius 3 is 2.28 bits per heavy atom. The van der Waals surface area contributed by atoms with E-state index in [0.29, 0.717) is 23.0 Å². The van der Waals surface area contributed by atoms with E-state index < -0.39 is 10.0 Å². The molecule has 1 N–H and O–H groups in total. The molecule has 0 bridgehead atoms. The monoisotopic (exact) mass is 551 g/mol. The normalized spacial score (nSPS) is 13.0. The summed E-state index contributed by atoms with van der Waals surface area (Å²) >= 11 is 12.3. The maximum absolute atomic E-state index is 12.6. The van der Waals surface area contributed by atoms with Crippen molar-refractivity contribution in [3.63, 3.8) is 0 Å². The van der Waals surface area contributed by atoms with Crippen LogP contribution in [0.4, 0.5) is 0 Å². The number of allylic oxidation sites excluding steroid dienone is 4. The molecule has 0 heterocycles. The number of halogens is 2. The van der Waals surface area contributed by atoms with Crippen LogP contribution in [0.3, 0.4) is 0 Å². The molecule has 0 amide bonds. The number of sulfonamides is 1. The van der Waals surface area contributed by atoms with Crippen molar-refractivity contribution >= 4 is 33.2 Å². The van der Waals surface area contributed by atoms with Gasteiger partial charge in [0.1, 0.15) is 11.5 Å². The van der Waals surface area contributed by atoms with Gasteiger partial charge < -0.3 is 4.74 Å². The Labute approximate surface area is 227 Å². The third kappa shape index (κ3) is 11.5. The number of aryl methyl sites for hydroxylation is 1. The van der Waals surface area contributed by atoms with E-state index in [2.05, 4.69) is 17.7 Å². The summed E-state index contributed by atoms with van der Waals surface area (Å²) < 4.78 is 33.8. The van der Waals surface area contributed by atoms with E-state index in [0.717, 1.165) is 18.4 Å². The smallest absolute Gasteiger partial charge is 0.236 e. The van der Waals surface area contributed by atoms with Crippen molar-refractivity contribution < 1.29 is 13.2 Å². The number of nitrogens with one attached hydrogen (secondary N) is 1. The lowest BCUT2D eigenvalue weighted by Crippen LogP contribution is -2.26. The van der Waals surface area contributed by atoms with Crippen LogP contribution in [0.2, 0.25) is 5.02 Å². The zero-order chi connectivity index (χ0) is 26.4. The van der Waals surface area contributed by atoms with Crippen LogP contribution < -0.4 is 9.46 Å². The van der Waals surface area contributed by atoms with Crippen LogP contribution in [0.25, 0.3) is 0 Å². The Morgan fingerprint density at radius 1 is 0.917 bits per heavy atom. The van der Waals surface area contributed by atoms with Crippen molar-refractivity contribution in [2.75, 3.05) is 6.54 Å². The number of unbranched alkanes of at least 4 members (excludes halogenated alkanes) is 6. The molecule has 0 aliphatic heterocycles. The first-order valence-corrected chi connectivity index (χ1v) is 15.0. The largest absolute Gasteiger partial charge is 0.460 e. The van der Waals surface area contributed by atoms with Gasteiger partial charge in [0.25, 0.3) is 0 Å². The predicted molar refractivity (Wildman–Crippen MR) is 153 cm³/mol. The minimum Gasteiger partial charge on any atom is -0.460 e. The molecule has 0 fully saturated rings. The van der Waals surface area contributed by atoms with Gasteiger partial charge >= 0.3 is 0 Å². The molecule has 0 atom stereocenters. The second-order valence-electron chi connectivity index (χ2n) is 9.05. The average molecular weight is 553 g/mol. The Balaban J connectivity index is 1.88. The molecule has 0 aromatic heterocycles. The number of benzene rings is 2. The van der Waals surface area contributed by atoms with E-state index >= 15 is 0 Å². The molecule has 2 aromatic rings.